The first-order valence-corrected chi connectivity index (χ1v) is 13.8. The fourth-order valence-corrected chi connectivity index (χ4v) is 5.13. The highest BCUT2D eigenvalue weighted by atomic mass is 19.4. The number of pyridine rings is 1. The number of nitrogens with zero attached hydrogens (tertiary/aromatic N) is 3. The van der Waals surface area contributed by atoms with Gasteiger partial charge in [-0.2, -0.15) is 18.2 Å². The molecule has 0 aliphatic heterocycles. The van der Waals surface area contributed by atoms with Gasteiger partial charge in [0.05, 0.1) is 17.7 Å². The summed E-state index contributed by atoms with van der Waals surface area (Å²) in [6.07, 6.45) is 0.597. The van der Waals surface area contributed by atoms with Crippen LogP contribution in [0.15, 0.2) is 65.6 Å². The predicted molar refractivity (Wildman–Crippen MR) is 155 cm³/mol. The molecule has 9 heteroatoms. The fourth-order valence-electron chi connectivity index (χ4n) is 5.13. The predicted octanol–water partition coefficient (Wildman–Crippen LogP) is 6.47. The molecule has 1 unspecified atom stereocenters. The molecule has 1 saturated carbocycles. The van der Waals surface area contributed by atoms with Gasteiger partial charge >= 0.3 is 6.18 Å². The maximum atomic E-state index is 13.7. The zero-order valence-corrected chi connectivity index (χ0v) is 23.1. The Balaban J connectivity index is 1.47. The summed E-state index contributed by atoms with van der Waals surface area (Å²) in [5, 5.41) is 7.23. The quantitative estimate of drug-likeness (QED) is 0.172. The fraction of sp³-hybridized carbons (Fsp3) is 0.344. The van der Waals surface area contributed by atoms with Crippen LogP contribution in [0.25, 0.3) is 11.0 Å². The zero-order chi connectivity index (χ0) is 29.0. The molecule has 212 valence electrons. The van der Waals surface area contributed by atoms with E-state index in [0.717, 1.165) is 31.3 Å². The van der Waals surface area contributed by atoms with Gasteiger partial charge in [0.1, 0.15) is 5.65 Å². The largest absolute Gasteiger partial charge is 0.416 e. The molecule has 1 fully saturated rings. The number of alkyl halides is 3. The van der Waals surface area contributed by atoms with Crippen molar-refractivity contribution in [3.63, 3.8) is 0 Å². The molecule has 0 amide bonds. The van der Waals surface area contributed by atoms with E-state index in [9.17, 15) is 18.0 Å². The van der Waals surface area contributed by atoms with Gasteiger partial charge in [-0.1, -0.05) is 43.2 Å². The molecular formula is C32H32F3N5O. The monoisotopic (exact) mass is 559 g/mol. The van der Waals surface area contributed by atoms with E-state index in [1.807, 2.05) is 12.1 Å². The maximum Gasteiger partial charge on any atom is 0.416 e. The molecule has 2 N–H and O–H groups in total. The average Bonchev–Trinajstić information content (AvgIpc) is 3.80. The smallest absolute Gasteiger partial charge is 0.324 e. The number of rotatable bonds is 10. The number of hydrogen-bond donors (Lipinski definition) is 2. The van der Waals surface area contributed by atoms with E-state index in [1.54, 1.807) is 19.2 Å². The number of hydrogen-bond acceptors (Lipinski definition) is 5. The summed E-state index contributed by atoms with van der Waals surface area (Å²) in [6, 6.07) is 15.0. The van der Waals surface area contributed by atoms with Crippen LogP contribution in [0, 0.1) is 17.8 Å². The van der Waals surface area contributed by atoms with Crippen LogP contribution < -0.4 is 16.2 Å². The van der Waals surface area contributed by atoms with E-state index in [-0.39, 0.29) is 29.3 Å². The molecule has 1 atom stereocenters. The minimum atomic E-state index is -4.56. The van der Waals surface area contributed by atoms with Crippen LogP contribution in [-0.4, -0.2) is 27.6 Å². The van der Waals surface area contributed by atoms with Gasteiger partial charge in [-0.25, -0.2) is 4.98 Å². The third-order valence-electron chi connectivity index (χ3n) is 7.31. The Labute approximate surface area is 237 Å². The van der Waals surface area contributed by atoms with Gasteiger partial charge in [0.25, 0.3) is 5.56 Å². The summed E-state index contributed by atoms with van der Waals surface area (Å²) < 4.78 is 42.4. The molecule has 1 aliphatic rings. The van der Waals surface area contributed by atoms with E-state index in [2.05, 4.69) is 51.5 Å². The Morgan fingerprint density at radius 2 is 1.88 bits per heavy atom. The van der Waals surface area contributed by atoms with Crippen molar-refractivity contribution in [3.8, 4) is 11.8 Å². The highest BCUT2D eigenvalue weighted by Crippen LogP contribution is 2.42. The minimum absolute atomic E-state index is 0.0349. The van der Waals surface area contributed by atoms with Crippen LogP contribution in [0.4, 0.5) is 24.8 Å². The lowest BCUT2D eigenvalue weighted by Gasteiger charge is -2.18. The molecule has 6 nitrogen and oxygen atoms in total. The first-order valence-electron chi connectivity index (χ1n) is 13.8. The van der Waals surface area contributed by atoms with Crippen molar-refractivity contribution in [2.24, 2.45) is 5.92 Å². The average molecular weight is 560 g/mol. The van der Waals surface area contributed by atoms with Crippen molar-refractivity contribution >= 4 is 22.7 Å². The van der Waals surface area contributed by atoms with Gasteiger partial charge in [0.2, 0.25) is 5.95 Å². The van der Waals surface area contributed by atoms with Crippen molar-refractivity contribution in [2.75, 3.05) is 18.4 Å². The Morgan fingerprint density at radius 1 is 1.12 bits per heavy atom. The summed E-state index contributed by atoms with van der Waals surface area (Å²) in [5.41, 5.74) is 1.10. The van der Waals surface area contributed by atoms with Gasteiger partial charge in [-0.05, 0) is 80.0 Å². The Bertz CT molecular complexity index is 1650. The molecule has 0 bridgehead atoms. The van der Waals surface area contributed by atoms with E-state index in [4.69, 9.17) is 0 Å². The number of benzene rings is 2. The molecule has 0 radical (unpaired) electrons. The second-order valence-corrected chi connectivity index (χ2v) is 10.3. The third kappa shape index (κ3) is 6.60. The van der Waals surface area contributed by atoms with E-state index >= 15 is 0 Å². The molecule has 5 rings (SSSR count). The molecule has 2 aromatic carbocycles. The molecule has 41 heavy (non-hydrogen) atoms. The standard InChI is InChI=1S/C32H32F3N5O/c1-3-7-23-17-25-18-37-31(38-26-14-12-22(13-15-26)27(21-10-11-21)19-36-16-4-2)39-29(25)40(30(23)41)20-24-8-5-6-9-28(24)32(33,34)35/h5-6,8-9,12-15,17-18,21,27,36H,4,10-11,16,19-20H2,1-2H3,(H,37,38,39). The third-order valence-corrected chi connectivity index (χ3v) is 7.31. The first kappa shape index (κ1) is 28.4. The summed E-state index contributed by atoms with van der Waals surface area (Å²) in [4.78, 5) is 22.3. The van der Waals surface area contributed by atoms with Crippen molar-refractivity contribution in [3.05, 3.63) is 93.4 Å². The van der Waals surface area contributed by atoms with Crippen LogP contribution in [0.1, 0.15) is 61.3 Å². The van der Waals surface area contributed by atoms with Gasteiger partial charge in [0.15, 0.2) is 0 Å². The van der Waals surface area contributed by atoms with Crippen LogP contribution >= 0.6 is 0 Å². The molecule has 4 aromatic rings. The van der Waals surface area contributed by atoms with Crippen molar-refractivity contribution in [2.45, 2.75) is 51.7 Å². The van der Waals surface area contributed by atoms with Crippen LogP contribution in [0.3, 0.4) is 0 Å². The maximum absolute atomic E-state index is 13.7. The van der Waals surface area contributed by atoms with Crippen LogP contribution in [-0.2, 0) is 12.7 Å². The van der Waals surface area contributed by atoms with Crippen LogP contribution in [0.5, 0.6) is 0 Å². The number of nitrogens with one attached hydrogen (secondary N) is 2. The summed E-state index contributed by atoms with van der Waals surface area (Å²) in [5.74, 6) is 6.87. The topological polar surface area (TPSA) is 71.8 Å². The summed E-state index contributed by atoms with van der Waals surface area (Å²) in [7, 11) is 0. The Morgan fingerprint density at radius 3 is 2.56 bits per heavy atom. The van der Waals surface area contributed by atoms with E-state index in [1.165, 1.54) is 41.2 Å². The first-order chi connectivity index (χ1) is 19.8. The number of fused-ring (bicyclic) bond motifs is 1. The van der Waals surface area contributed by atoms with E-state index < -0.39 is 17.3 Å². The lowest BCUT2D eigenvalue weighted by Crippen LogP contribution is -2.25. The van der Waals surface area contributed by atoms with Crippen molar-refractivity contribution in [1.29, 1.82) is 0 Å². The second kappa shape index (κ2) is 12.1. The van der Waals surface area contributed by atoms with Crippen molar-refractivity contribution in [1.82, 2.24) is 19.9 Å². The number of halogens is 3. The minimum Gasteiger partial charge on any atom is -0.324 e. The summed E-state index contributed by atoms with van der Waals surface area (Å²) >= 11 is 0. The van der Waals surface area contributed by atoms with Gasteiger partial charge in [-0.3, -0.25) is 9.36 Å². The second-order valence-electron chi connectivity index (χ2n) is 10.3. The molecule has 2 aromatic heterocycles. The SMILES string of the molecule is CC#Cc1cc2cnc(Nc3ccc(C(CNCCC)C4CC4)cc3)nc2n(Cc2ccccc2C(F)(F)F)c1=O. The summed E-state index contributed by atoms with van der Waals surface area (Å²) in [6.45, 7) is 5.40. The lowest BCUT2D eigenvalue weighted by atomic mass is 9.94. The van der Waals surface area contributed by atoms with Crippen LogP contribution in [0.2, 0.25) is 0 Å². The molecule has 2 heterocycles. The Hall–Kier alpha value is -4.16. The molecule has 0 saturated heterocycles. The van der Waals surface area contributed by atoms with E-state index in [0.29, 0.717) is 17.2 Å². The lowest BCUT2D eigenvalue weighted by molar-refractivity contribution is -0.138. The highest BCUT2D eigenvalue weighted by molar-refractivity contribution is 5.77. The number of anilines is 2. The zero-order valence-electron chi connectivity index (χ0n) is 23.1. The van der Waals surface area contributed by atoms with Gasteiger partial charge < -0.3 is 10.6 Å². The van der Waals surface area contributed by atoms with Gasteiger partial charge in [-0.15, -0.1) is 5.92 Å². The molecule has 1 aliphatic carbocycles. The highest BCUT2D eigenvalue weighted by Gasteiger charge is 2.33. The molecule has 0 spiro atoms. The Kier molecular flexibility index (Phi) is 8.41. The van der Waals surface area contributed by atoms with Gasteiger partial charge in [0, 0.05) is 23.8 Å². The van der Waals surface area contributed by atoms with Crippen molar-refractivity contribution < 1.29 is 13.2 Å². The number of aromatic nitrogens is 3. The molecular weight excluding hydrogens is 527 g/mol. The normalized spacial score (nSPS) is 14.0.